The van der Waals surface area contributed by atoms with Crippen molar-refractivity contribution in [2.45, 2.75) is 4.90 Å². The molecule has 1 aromatic heterocycles. The molecule has 1 heterocycles. The SMILES string of the molecule is Nc1nccs1.O=C(COc1cccc(Cl)c1)Nc1ccc(-c2ccc(S(=O)[O-])cc2)cc1.[HH].[HH]. The van der Waals surface area contributed by atoms with E-state index < -0.39 is 11.1 Å². The molecule has 4 rings (SSSR count). The Bertz CT molecular complexity index is 1210. The van der Waals surface area contributed by atoms with Crippen LogP contribution >= 0.6 is 22.9 Å². The van der Waals surface area contributed by atoms with Gasteiger partial charge >= 0.3 is 0 Å². The minimum absolute atomic E-state index is 0. The molecule has 0 aliphatic rings. The van der Waals surface area contributed by atoms with E-state index >= 15 is 0 Å². The van der Waals surface area contributed by atoms with Crippen molar-refractivity contribution in [3.63, 3.8) is 0 Å². The standard InChI is InChI=1S/C20H16ClNO4S.C3H4N2S.2H2/c21-16-2-1-3-18(12-16)26-13-20(23)22-17-8-4-14(5-9-17)15-6-10-19(11-7-15)27(24)25;4-3-5-1-2-6-3;;/h1-12H,13H2,(H,22,23)(H,24,25);1-2H,(H2,4,5);2*1H/p-1. The minimum Gasteiger partial charge on any atom is -0.768 e. The fraction of sp³-hybridized carbons (Fsp3) is 0.0435. The third-order valence-corrected chi connectivity index (χ3v) is 5.66. The molecule has 0 aliphatic carbocycles. The molecule has 1 atom stereocenters. The van der Waals surface area contributed by atoms with E-state index in [-0.39, 0.29) is 20.3 Å². The highest BCUT2D eigenvalue weighted by Gasteiger charge is 2.05. The molecule has 4 aromatic rings. The van der Waals surface area contributed by atoms with Crippen LogP contribution in [0.3, 0.4) is 0 Å². The van der Waals surface area contributed by atoms with Crippen molar-refractivity contribution in [3.8, 4) is 16.9 Å². The molecule has 0 aliphatic heterocycles. The second kappa shape index (κ2) is 12.1. The third kappa shape index (κ3) is 7.99. The topological polar surface area (TPSA) is 117 Å². The lowest BCUT2D eigenvalue weighted by Gasteiger charge is -2.09. The highest BCUT2D eigenvalue weighted by Crippen LogP contribution is 2.23. The summed E-state index contributed by atoms with van der Waals surface area (Å²) in [7, 11) is 0. The number of thiazole rings is 1. The summed E-state index contributed by atoms with van der Waals surface area (Å²) in [5, 5.41) is 5.77. The number of rotatable bonds is 6. The molecule has 7 nitrogen and oxygen atoms in total. The van der Waals surface area contributed by atoms with Crippen LogP contribution in [0.1, 0.15) is 2.85 Å². The number of halogens is 1. The Morgan fingerprint density at radius 2 is 1.79 bits per heavy atom. The van der Waals surface area contributed by atoms with E-state index in [1.54, 1.807) is 66.9 Å². The summed E-state index contributed by atoms with van der Waals surface area (Å²) in [6, 6.07) is 20.6. The number of carbonyl (C=O) groups excluding carboxylic acids is 1. The largest absolute Gasteiger partial charge is 0.768 e. The Kier molecular flexibility index (Phi) is 8.96. The summed E-state index contributed by atoms with van der Waals surface area (Å²) in [6.07, 6.45) is 1.68. The van der Waals surface area contributed by atoms with Crippen LogP contribution in [0.2, 0.25) is 5.02 Å². The van der Waals surface area contributed by atoms with Crippen LogP contribution in [0.25, 0.3) is 11.1 Å². The fourth-order valence-corrected chi connectivity index (χ4v) is 3.56. The quantitative estimate of drug-likeness (QED) is 0.336. The van der Waals surface area contributed by atoms with Crippen molar-refractivity contribution >= 4 is 50.7 Å². The van der Waals surface area contributed by atoms with Crippen LogP contribution in [-0.2, 0) is 15.9 Å². The number of aromatic nitrogens is 1. The molecule has 0 saturated heterocycles. The number of nitrogens with one attached hydrogen (secondary N) is 1. The maximum Gasteiger partial charge on any atom is 0.262 e. The molecule has 1 amide bonds. The van der Waals surface area contributed by atoms with Crippen molar-refractivity contribution in [3.05, 3.63) is 89.4 Å². The number of nitrogen functional groups attached to an aromatic ring is 1. The smallest absolute Gasteiger partial charge is 0.262 e. The zero-order valence-electron chi connectivity index (χ0n) is 17.1. The lowest BCUT2D eigenvalue weighted by molar-refractivity contribution is -0.118. The summed E-state index contributed by atoms with van der Waals surface area (Å²) in [6.45, 7) is -0.129. The number of benzene rings is 3. The van der Waals surface area contributed by atoms with Gasteiger partial charge in [-0.05, 0) is 64.7 Å². The van der Waals surface area contributed by atoms with Crippen molar-refractivity contribution < 1.29 is 21.1 Å². The maximum atomic E-state index is 12.0. The zero-order chi connectivity index (χ0) is 23.6. The van der Waals surface area contributed by atoms with E-state index in [4.69, 9.17) is 22.1 Å². The Labute approximate surface area is 205 Å². The number of carbonyl (C=O) groups is 1. The molecule has 0 fully saturated rings. The Hall–Kier alpha value is -3.24. The number of nitrogens with zero attached hydrogens (tertiary/aromatic N) is 1. The van der Waals surface area contributed by atoms with Crippen LogP contribution in [0.5, 0.6) is 5.75 Å². The summed E-state index contributed by atoms with van der Waals surface area (Å²) in [5.41, 5.74) is 7.61. The number of hydrogen-bond acceptors (Lipinski definition) is 7. The highest BCUT2D eigenvalue weighted by molar-refractivity contribution is 7.79. The second-order valence-corrected chi connectivity index (χ2v) is 8.80. The van der Waals surface area contributed by atoms with E-state index in [1.165, 1.54) is 11.3 Å². The Morgan fingerprint density at radius 1 is 1.12 bits per heavy atom. The van der Waals surface area contributed by atoms with E-state index in [0.29, 0.717) is 21.6 Å². The Morgan fingerprint density at radius 3 is 2.30 bits per heavy atom. The number of nitrogens with two attached hydrogens (primary N) is 1. The predicted molar refractivity (Wildman–Crippen MR) is 135 cm³/mol. The average molecular weight is 505 g/mol. The van der Waals surface area contributed by atoms with Gasteiger partial charge in [-0.25, -0.2) is 4.98 Å². The molecule has 3 aromatic carbocycles. The van der Waals surface area contributed by atoms with Gasteiger partial charge in [0.25, 0.3) is 5.91 Å². The minimum atomic E-state index is -2.24. The van der Waals surface area contributed by atoms with Gasteiger partial charge in [-0.15, -0.1) is 11.3 Å². The Balaban J connectivity index is 0.000000671. The average Bonchev–Trinajstić information content (AvgIpc) is 3.30. The molecule has 33 heavy (non-hydrogen) atoms. The summed E-state index contributed by atoms with van der Waals surface area (Å²) in [5.74, 6) is 0.237. The first-order valence-corrected chi connectivity index (χ1v) is 11.9. The first-order valence-electron chi connectivity index (χ1n) is 9.53. The van der Waals surface area contributed by atoms with Gasteiger partial charge in [0.1, 0.15) is 5.75 Å². The first-order chi connectivity index (χ1) is 15.9. The van der Waals surface area contributed by atoms with Gasteiger partial charge in [-0.1, -0.05) is 41.9 Å². The van der Waals surface area contributed by atoms with Crippen molar-refractivity contribution in [2.24, 2.45) is 0 Å². The fourth-order valence-electron chi connectivity index (χ4n) is 2.64. The van der Waals surface area contributed by atoms with Gasteiger partial charge < -0.3 is 20.3 Å². The third-order valence-electron chi connectivity index (χ3n) is 4.17. The molecule has 10 heteroatoms. The van der Waals surface area contributed by atoms with E-state index in [9.17, 15) is 13.6 Å². The molecule has 0 spiro atoms. The monoisotopic (exact) mass is 504 g/mol. The molecule has 0 saturated carbocycles. The van der Waals surface area contributed by atoms with E-state index in [2.05, 4.69) is 10.3 Å². The predicted octanol–water partition coefficient (Wildman–Crippen LogP) is 5.48. The summed E-state index contributed by atoms with van der Waals surface area (Å²) in [4.78, 5) is 16.0. The summed E-state index contributed by atoms with van der Waals surface area (Å²) < 4.78 is 27.2. The summed E-state index contributed by atoms with van der Waals surface area (Å²) >= 11 is 5.07. The van der Waals surface area contributed by atoms with Gasteiger partial charge in [0.2, 0.25) is 0 Å². The lowest BCUT2D eigenvalue weighted by atomic mass is 10.1. The van der Waals surface area contributed by atoms with Crippen molar-refractivity contribution in [1.29, 1.82) is 0 Å². The van der Waals surface area contributed by atoms with Crippen LogP contribution in [0.15, 0.2) is 89.3 Å². The molecule has 174 valence electrons. The molecule has 0 radical (unpaired) electrons. The van der Waals surface area contributed by atoms with Crippen LogP contribution in [-0.4, -0.2) is 26.3 Å². The number of ether oxygens (including phenoxy) is 1. The van der Waals surface area contributed by atoms with E-state index in [1.807, 2.05) is 17.5 Å². The highest BCUT2D eigenvalue weighted by atomic mass is 35.5. The van der Waals surface area contributed by atoms with Crippen molar-refractivity contribution in [2.75, 3.05) is 17.7 Å². The molecular weight excluding hydrogens is 482 g/mol. The van der Waals surface area contributed by atoms with Crippen LogP contribution in [0.4, 0.5) is 10.8 Å². The van der Waals surface area contributed by atoms with Gasteiger partial charge in [0, 0.05) is 30.0 Å². The molecular formula is C23H23ClN3O4S2-. The maximum absolute atomic E-state index is 12.0. The van der Waals surface area contributed by atoms with Gasteiger partial charge in [-0.3, -0.25) is 9.00 Å². The normalized spacial score (nSPS) is 11.1. The van der Waals surface area contributed by atoms with E-state index in [0.717, 1.165) is 11.1 Å². The second-order valence-electron chi connectivity index (χ2n) is 6.50. The number of amides is 1. The zero-order valence-corrected chi connectivity index (χ0v) is 19.5. The van der Waals surface area contributed by atoms with Gasteiger partial charge in [0.15, 0.2) is 11.7 Å². The van der Waals surface area contributed by atoms with Crippen LogP contribution < -0.4 is 15.8 Å². The molecule has 1 unspecified atom stereocenters. The van der Waals surface area contributed by atoms with Gasteiger partial charge in [0.05, 0.1) is 0 Å². The van der Waals surface area contributed by atoms with Crippen LogP contribution in [0, 0.1) is 0 Å². The van der Waals surface area contributed by atoms with Gasteiger partial charge in [-0.2, -0.15) is 0 Å². The van der Waals surface area contributed by atoms with Crippen molar-refractivity contribution in [1.82, 2.24) is 4.98 Å². The molecule has 3 N–H and O–H groups in total. The molecule has 0 bridgehead atoms. The first kappa shape index (κ1) is 24.4. The number of hydrogen-bond donors (Lipinski definition) is 2. The number of anilines is 2. The lowest BCUT2D eigenvalue weighted by Crippen LogP contribution is -2.20.